The lowest BCUT2D eigenvalue weighted by atomic mass is 9.94. The fourth-order valence-corrected chi connectivity index (χ4v) is 4.03. The molecule has 2 heterocycles. The lowest BCUT2D eigenvalue weighted by Gasteiger charge is -2.35. The first-order valence-corrected chi connectivity index (χ1v) is 10.8. The van der Waals surface area contributed by atoms with Crippen molar-refractivity contribution in [3.05, 3.63) is 92.5 Å². The van der Waals surface area contributed by atoms with Gasteiger partial charge >= 0.3 is 5.69 Å². The van der Waals surface area contributed by atoms with Crippen LogP contribution >= 0.6 is 0 Å². The van der Waals surface area contributed by atoms with Gasteiger partial charge in [0.15, 0.2) is 0 Å². The Morgan fingerprint density at radius 3 is 2.52 bits per heavy atom. The van der Waals surface area contributed by atoms with Crippen LogP contribution in [0.15, 0.2) is 64.2 Å². The number of amides is 1. The highest BCUT2D eigenvalue weighted by atomic mass is 19.1. The molecule has 0 radical (unpaired) electrons. The van der Waals surface area contributed by atoms with Crippen molar-refractivity contribution in [1.29, 1.82) is 0 Å². The molecule has 1 atom stereocenters. The minimum Gasteiger partial charge on any atom is -0.379 e. The Morgan fingerprint density at radius 1 is 1.06 bits per heavy atom. The summed E-state index contributed by atoms with van der Waals surface area (Å²) in [6, 6.07) is 15.3. The van der Waals surface area contributed by atoms with Crippen LogP contribution in [0, 0.1) is 5.82 Å². The standard InChI is InChI=1S/C24H25FN4O4/c25-18-7-5-16(6-8-18)20-4-2-1-3-17(20)13-19(29-9-11-33-12-10-29)15-26-23(31)21-14-22(30)28-24(32)27-21/h1-8,14,19H,9-13,15H2,(H,26,31)(H2,27,28,30,32). The molecule has 0 aliphatic carbocycles. The minimum atomic E-state index is -0.731. The molecule has 1 aromatic heterocycles. The van der Waals surface area contributed by atoms with Crippen LogP contribution < -0.4 is 16.6 Å². The number of aromatic amines is 2. The van der Waals surface area contributed by atoms with Crippen molar-refractivity contribution in [3.8, 4) is 11.1 Å². The number of rotatable bonds is 7. The first kappa shape index (κ1) is 22.6. The van der Waals surface area contributed by atoms with E-state index in [0.29, 0.717) is 26.2 Å². The lowest BCUT2D eigenvalue weighted by Crippen LogP contribution is -2.50. The number of halogens is 1. The first-order chi connectivity index (χ1) is 16.0. The zero-order valence-electron chi connectivity index (χ0n) is 18.0. The van der Waals surface area contributed by atoms with E-state index in [1.807, 2.05) is 29.2 Å². The average molecular weight is 452 g/mol. The molecule has 0 saturated carbocycles. The van der Waals surface area contributed by atoms with Gasteiger partial charge in [0.05, 0.1) is 13.2 Å². The SMILES string of the molecule is O=C(NCC(Cc1ccccc1-c1ccc(F)cc1)N1CCOCC1)c1cc(=O)[nH]c(=O)[nH]1. The second kappa shape index (κ2) is 10.4. The third kappa shape index (κ3) is 5.82. The van der Waals surface area contributed by atoms with Crippen molar-refractivity contribution in [2.75, 3.05) is 32.8 Å². The molecule has 4 rings (SSSR count). The number of hydrogen-bond donors (Lipinski definition) is 3. The highest BCUT2D eigenvalue weighted by Crippen LogP contribution is 2.26. The summed E-state index contributed by atoms with van der Waals surface area (Å²) in [4.78, 5) is 42.3. The van der Waals surface area contributed by atoms with Crippen molar-refractivity contribution < 1.29 is 13.9 Å². The summed E-state index contributed by atoms with van der Waals surface area (Å²) in [7, 11) is 0. The van der Waals surface area contributed by atoms with Crippen molar-refractivity contribution in [1.82, 2.24) is 20.2 Å². The summed E-state index contributed by atoms with van der Waals surface area (Å²) < 4.78 is 18.9. The molecule has 3 N–H and O–H groups in total. The molecule has 9 heteroatoms. The van der Waals surface area contributed by atoms with E-state index in [4.69, 9.17) is 4.74 Å². The number of H-pyrrole nitrogens is 2. The molecule has 0 spiro atoms. The number of nitrogens with one attached hydrogen (secondary N) is 3. The molecule has 8 nitrogen and oxygen atoms in total. The first-order valence-electron chi connectivity index (χ1n) is 10.8. The van der Waals surface area contributed by atoms with Crippen LogP contribution in [0.25, 0.3) is 11.1 Å². The lowest BCUT2D eigenvalue weighted by molar-refractivity contribution is 0.0168. The van der Waals surface area contributed by atoms with E-state index in [1.54, 1.807) is 12.1 Å². The molecule has 0 bridgehead atoms. The number of aromatic nitrogens is 2. The zero-order chi connectivity index (χ0) is 23.2. The number of morpholine rings is 1. The molecule has 1 amide bonds. The molecule has 1 saturated heterocycles. The van der Waals surface area contributed by atoms with Crippen LogP contribution in [0.5, 0.6) is 0 Å². The van der Waals surface area contributed by atoms with Gasteiger partial charge < -0.3 is 15.0 Å². The van der Waals surface area contributed by atoms with Gasteiger partial charge in [-0.15, -0.1) is 0 Å². The van der Waals surface area contributed by atoms with E-state index in [1.165, 1.54) is 12.1 Å². The Labute approximate surface area is 189 Å². The maximum absolute atomic E-state index is 13.4. The average Bonchev–Trinajstić information content (AvgIpc) is 2.82. The Bertz CT molecular complexity index is 1190. The van der Waals surface area contributed by atoms with Gasteiger partial charge in [-0.2, -0.15) is 0 Å². The number of benzene rings is 2. The number of carbonyl (C=O) groups excluding carboxylic acids is 1. The van der Waals surface area contributed by atoms with E-state index in [0.717, 1.165) is 35.8 Å². The molecule has 33 heavy (non-hydrogen) atoms. The van der Waals surface area contributed by atoms with E-state index >= 15 is 0 Å². The third-order valence-electron chi connectivity index (χ3n) is 5.69. The van der Waals surface area contributed by atoms with E-state index in [9.17, 15) is 18.8 Å². The molecule has 172 valence electrons. The predicted octanol–water partition coefficient (Wildman–Crippen LogP) is 1.54. The summed E-state index contributed by atoms with van der Waals surface area (Å²) >= 11 is 0. The van der Waals surface area contributed by atoms with Gasteiger partial charge in [0.1, 0.15) is 11.5 Å². The Morgan fingerprint density at radius 2 is 1.79 bits per heavy atom. The minimum absolute atomic E-state index is 0.0480. The third-order valence-corrected chi connectivity index (χ3v) is 5.69. The maximum atomic E-state index is 13.4. The van der Waals surface area contributed by atoms with Crippen LogP contribution in [0.1, 0.15) is 16.1 Å². The molecule has 3 aromatic rings. The quantitative estimate of drug-likeness (QED) is 0.504. The maximum Gasteiger partial charge on any atom is 0.326 e. The van der Waals surface area contributed by atoms with Crippen LogP contribution in [0.3, 0.4) is 0 Å². The van der Waals surface area contributed by atoms with Crippen LogP contribution in [-0.2, 0) is 11.2 Å². The Kier molecular flexibility index (Phi) is 7.11. The fraction of sp³-hybridized carbons (Fsp3) is 0.292. The van der Waals surface area contributed by atoms with Crippen molar-refractivity contribution in [2.24, 2.45) is 0 Å². The van der Waals surface area contributed by atoms with Crippen molar-refractivity contribution in [2.45, 2.75) is 12.5 Å². The molecule has 1 aliphatic heterocycles. The molecule has 1 fully saturated rings. The number of carbonyl (C=O) groups is 1. The zero-order valence-corrected chi connectivity index (χ0v) is 18.0. The van der Waals surface area contributed by atoms with Crippen molar-refractivity contribution in [3.63, 3.8) is 0 Å². The smallest absolute Gasteiger partial charge is 0.326 e. The normalized spacial score (nSPS) is 15.2. The van der Waals surface area contributed by atoms with Crippen LogP contribution in [-0.4, -0.2) is 59.7 Å². The van der Waals surface area contributed by atoms with Gasteiger partial charge in [-0.05, 0) is 35.2 Å². The largest absolute Gasteiger partial charge is 0.379 e. The highest BCUT2D eigenvalue weighted by Gasteiger charge is 2.23. The van der Waals surface area contributed by atoms with Crippen LogP contribution in [0.2, 0.25) is 0 Å². The number of hydrogen-bond acceptors (Lipinski definition) is 5. The second-order valence-electron chi connectivity index (χ2n) is 7.88. The second-order valence-corrected chi connectivity index (χ2v) is 7.88. The molecular formula is C24H25FN4O4. The van der Waals surface area contributed by atoms with Gasteiger partial charge in [0.25, 0.3) is 11.5 Å². The summed E-state index contributed by atoms with van der Waals surface area (Å²) in [6.45, 7) is 2.96. The number of ether oxygens (including phenoxy) is 1. The van der Waals surface area contributed by atoms with Crippen molar-refractivity contribution >= 4 is 5.91 Å². The molecule has 1 aliphatic rings. The molecular weight excluding hydrogens is 427 g/mol. The summed E-state index contributed by atoms with van der Waals surface area (Å²) in [5.41, 5.74) is 1.53. The van der Waals surface area contributed by atoms with Gasteiger partial charge in [-0.25, -0.2) is 9.18 Å². The van der Waals surface area contributed by atoms with Gasteiger partial charge in [-0.1, -0.05) is 36.4 Å². The molecule has 2 aromatic carbocycles. The Balaban J connectivity index is 1.55. The summed E-state index contributed by atoms with van der Waals surface area (Å²) in [5.74, 6) is -0.814. The van der Waals surface area contributed by atoms with E-state index < -0.39 is 17.2 Å². The Hall–Kier alpha value is -3.56. The summed E-state index contributed by atoms with van der Waals surface area (Å²) in [6.07, 6.45) is 0.639. The highest BCUT2D eigenvalue weighted by molar-refractivity contribution is 5.92. The van der Waals surface area contributed by atoms with Gasteiger partial charge in [-0.3, -0.25) is 19.5 Å². The van der Waals surface area contributed by atoms with E-state index in [2.05, 4.69) is 15.2 Å². The monoisotopic (exact) mass is 452 g/mol. The van der Waals surface area contributed by atoms with Gasteiger partial charge in [0, 0.05) is 31.7 Å². The molecule has 1 unspecified atom stereocenters. The van der Waals surface area contributed by atoms with Gasteiger partial charge in [0.2, 0.25) is 0 Å². The van der Waals surface area contributed by atoms with Crippen LogP contribution in [0.4, 0.5) is 4.39 Å². The topological polar surface area (TPSA) is 107 Å². The van der Waals surface area contributed by atoms with E-state index in [-0.39, 0.29) is 17.6 Å². The predicted molar refractivity (Wildman–Crippen MR) is 122 cm³/mol. The number of nitrogens with zero attached hydrogens (tertiary/aromatic N) is 1. The summed E-state index contributed by atoms with van der Waals surface area (Å²) in [5, 5.41) is 2.84. The fourth-order valence-electron chi connectivity index (χ4n) is 4.03.